The van der Waals surface area contributed by atoms with Crippen molar-refractivity contribution < 1.29 is 4.79 Å². The van der Waals surface area contributed by atoms with E-state index in [1.807, 2.05) is 71.3 Å². The summed E-state index contributed by atoms with van der Waals surface area (Å²) in [6.45, 7) is 9.85. The third-order valence-electron chi connectivity index (χ3n) is 7.14. The molecule has 0 aliphatic heterocycles. The lowest BCUT2D eigenvalue weighted by molar-refractivity contribution is -0.115. The Morgan fingerprint density at radius 2 is 1.60 bits per heavy atom. The summed E-state index contributed by atoms with van der Waals surface area (Å²) in [5.74, 6) is 0.404. The second-order valence-electron chi connectivity index (χ2n) is 11.0. The third-order valence-corrected chi connectivity index (χ3v) is 8.82. The first kappa shape index (κ1) is 39.4. The van der Waals surface area contributed by atoms with Crippen LogP contribution < -0.4 is 20.4 Å². The standard InChI is InChI=1S/C17H23N5OS.C16H24N4S.C2H6/c1-22(2)14-9-6-10-18-13(14)11-15(23)19-17-21-20-16(24-17)12-7-4-3-5-8-12;1-6-9-13(19-16(17-3)21-7-2)12-14-15(20(4)5)10-8-11-18-14;1-2/h6,9-10,12H,3-5,7-8,11H2,1-2H3,(H,19,21,23);7-11H,2,6,12H2,1,3-5H3,(H,17,19);1-2H3/b;13-9+;. The minimum atomic E-state index is -0.108. The smallest absolute Gasteiger partial charge is 0.232 e. The highest BCUT2D eigenvalue weighted by molar-refractivity contribution is 8.16. The highest BCUT2D eigenvalue weighted by atomic mass is 32.2. The van der Waals surface area contributed by atoms with E-state index in [2.05, 4.69) is 66.3 Å². The molecule has 0 unspecified atom stereocenters. The number of allylic oxidation sites excluding steroid dienone is 2. The van der Waals surface area contributed by atoms with Crippen molar-refractivity contribution in [3.05, 3.63) is 76.8 Å². The van der Waals surface area contributed by atoms with E-state index in [9.17, 15) is 4.79 Å². The van der Waals surface area contributed by atoms with E-state index in [-0.39, 0.29) is 12.3 Å². The normalized spacial score (nSPS) is 13.4. The Morgan fingerprint density at radius 1 is 1.00 bits per heavy atom. The number of anilines is 3. The molecule has 0 spiro atoms. The molecule has 1 amide bonds. The fraction of sp³-hybridized carbons (Fsp3) is 0.486. The number of amidine groups is 1. The van der Waals surface area contributed by atoms with Crippen LogP contribution in [0.2, 0.25) is 0 Å². The van der Waals surface area contributed by atoms with E-state index in [0.717, 1.165) is 51.5 Å². The van der Waals surface area contributed by atoms with Gasteiger partial charge in [-0.1, -0.05) is 75.8 Å². The Balaban J connectivity index is 0.000000314. The molecule has 3 aromatic heterocycles. The fourth-order valence-electron chi connectivity index (χ4n) is 5.01. The first-order valence-electron chi connectivity index (χ1n) is 16.3. The van der Waals surface area contributed by atoms with Gasteiger partial charge in [-0.15, -0.1) is 10.2 Å². The zero-order valence-corrected chi connectivity index (χ0v) is 31.0. The molecule has 12 heteroatoms. The van der Waals surface area contributed by atoms with Gasteiger partial charge in [0.05, 0.1) is 29.2 Å². The van der Waals surface area contributed by atoms with E-state index in [1.165, 1.54) is 55.2 Å². The molecule has 256 valence electrons. The van der Waals surface area contributed by atoms with E-state index >= 15 is 0 Å². The Kier molecular flexibility index (Phi) is 18.4. The summed E-state index contributed by atoms with van der Waals surface area (Å²) < 4.78 is 0. The van der Waals surface area contributed by atoms with Crippen LogP contribution in [0.4, 0.5) is 16.5 Å². The quantitative estimate of drug-likeness (QED) is 0.156. The van der Waals surface area contributed by atoms with Crippen LogP contribution >= 0.6 is 23.1 Å². The number of rotatable bonds is 11. The zero-order chi connectivity index (χ0) is 34.6. The first-order valence-corrected chi connectivity index (χ1v) is 18.0. The van der Waals surface area contributed by atoms with Gasteiger partial charge in [0.1, 0.15) is 5.01 Å². The Labute approximate surface area is 290 Å². The number of hydrogen-bond acceptors (Lipinski definition) is 10. The van der Waals surface area contributed by atoms with Gasteiger partial charge in [0.25, 0.3) is 0 Å². The number of carbonyl (C=O) groups excluding carboxylic acids is 1. The summed E-state index contributed by atoms with van der Waals surface area (Å²) in [7, 11) is 9.72. The van der Waals surface area contributed by atoms with Crippen molar-refractivity contribution in [2.24, 2.45) is 4.99 Å². The fourth-order valence-corrected chi connectivity index (χ4v) is 6.39. The van der Waals surface area contributed by atoms with Gasteiger partial charge in [0, 0.05) is 65.7 Å². The largest absolute Gasteiger partial charge is 0.376 e. The molecule has 1 saturated carbocycles. The molecule has 1 aliphatic carbocycles. The maximum atomic E-state index is 12.3. The average molecular weight is 680 g/mol. The predicted octanol–water partition coefficient (Wildman–Crippen LogP) is 7.69. The first-order chi connectivity index (χ1) is 22.7. The van der Waals surface area contributed by atoms with Crippen LogP contribution in [0.25, 0.3) is 0 Å². The number of aliphatic imine (C=N–C) groups is 1. The van der Waals surface area contributed by atoms with Crippen LogP contribution in [0, 0.1) is 0 Å². The van der Waals surface area contributed by atoms with Crippen molar-refractivity contribution >= 4 is 50.7 Å². The number of nitrogens with zero attached hydrogens (tertiary/aromatic N) is 7. The molecule has 4 rings (SSSR count). The van der Waals surface area contributed by atoms with Gasteiger partial charge in [0.2, 0.25) is 11.0 Å². The summed E-state index contributed by atoms with van der Waals surface area (Å²) in [6, 6.07) is 7.88. The van der Waals surface area contributed by atoms with E-state index in [1.54, 1.807) is 18.7 Å². The summed E-state index contributed by atoms with van der Waals surface area (Å²) >= 11 is 2.99. The highest BCUT2D eigenvalue weighted by Crippen LogP contribution is 2.35. The lowest BCUT2D eigenvalue weighted by Gasteiger charge is -2.18. The van der Waals surface area contributed by atoms with Crippen molar-refractivity contribution in [2.45, 2.75) is 78.1 Å². The maximum Gasteiger partial charge on any atom is 0.232 e. The molecule has 1 aliphatic rings. The molecule has 10 nitrogen and oxygen atoms in total. The molecule has 0 aromatic carbocycles. The number of amides is 1. The SMILES string of the molecule is C=CSC(=NC)N/C(=C/CC)Cc1ncccc1N(C)C.CC.CN(C)c1cccnc1CC(=O)Nc1nnc(C2CCCCC2)s1. The maximum absolute atomic E-state index is 12.3. The van der Waals surface area contributed by atoms with E-state index in [4.69, 9.17) is 0 Å². The van der Waals surface area contributed by atoms with Gasteiger partial charge in [-0.3, -0.25) is 19.8 Å². The van der Waals surface area contributed by atoms with Gasteiger partial charge in [0.15, 0.2) is 5.17 Å². The van der Waals surface area contributed by atoms with Crippen LogP contribution in [-0.4, -0.2) is 66.5 Å². The lowest BCUT2D eigenvalue weighted by Crippen LogP contribution is -2.22. The molecular formula is C35H53N9OS2. The number of nitrogens with one attached hydrogen (secondary N) is 2. The summed E-state index contributed by atoms with van der Waals surface area (Å²) in [6.07, 6.45) is 13.9. The van der Waals surface area contributed by atoms with Crippen molar-refractivity contribution in [3.63, 3.8) is 0 Å². The number of carbonyl (C=O) groups is 1. The summed E-state index contributed by atoms with van der Waals surface area (Å²) in [5, 5.41) is 18.9. The van der Waals surface area contributed by atoms with Crippen molar-refractivity contribution in [2.75, 3.05) is 50.4 Å². The number of hydrogen-bond donors (Lipinski definition) is 2. The monoisotopic (exact) mass is 679 g/mol. The Bertz CT molecular complexity index is 1430. The third kappa shape index (κ3) is 13.5. The molecule has 0 bridgehead atoms. The highest BCUT2D eigenvalue weighted by Gasteiger charge is 2.20. The van der Waals surface area contributed by atoms with E-state index < -0.39 is 0 Å². The Morgan fingerprint density at radius 3 is 2.13 bits per heavy atom. The number of pyridine rings is 2. The molecule has 0 saturated heterocycles. The molecule has 2 N–H and O–H groups in total. The summed E-state index contributed by atoms with van der Waals surface area (Å²) in [5.41, 5.74) is 5.00. The summed E-state index contributed by atoms with van der Waals surface area (Å²) in [4.78, 5) is 29.4. The second-order valence-corrected chi connectivity index (χ2v) is 13.0. The van der Waals surface area contributed by atoms with Crippen molar-refractivity contribution in [1.82, 2.24) is 25.5 Å². The predicted molar refractivity (Wildman–Crippen MR) is 203 cm³/mol. The van der Waals surface area contributed by atoms with Gasteiger partial charge in [-0.05, 0) is 48.9 Å². The van der Waals surface area contributed by atoms with Crippen LogP contribution in [0.1, 0.15) is 81.6 Å². The minimum absolute atomic E-state index is 0.108. The van der Waals surface area contributed by atoms with E-state index in [0.29, 0.717) is 11.0 Å². The van der Waals surface area contributed by atoms with Crippen LogP contribution in [0.3, 0.4) is 0 Å². The number of thioether (sulfide) groups is 1. The molecule has 1 fully saturated rings. The zero-order valence-electron chi connectivity index (χ0n) is 29.4. The molecule has 0 atom stereocenters. The van der Waals surface area contributed by atoms with Crippen molar-refractivity contribution in [1.29, 1.82) is 0 Å². The van der Waals surface area contributed by atoms with Crippen LogP contribution in [-0.2, 0) is 17.6 Å². The second kappa shape index (κ2) is 21.9. The minimum Gasteiger partial charge on any atom is -0.376 e. The van der Waals surface area contributed by atoms with Gasteiger partial charge in [-0.2, -0.15) is 0 Å². The lowest BCUT2D eigenvalue weighted by atomic mass is 9.90. The van der Waals surface area contributed by atoms with Crippen LogP contribution in [0.5, 0.6) is 0 Å². The van der Waals surface area contributed by atoms with Crippen LogP contribution in [0.15, 0.2) is 65.4 Å². The van der Waals surface area contributed by atoms with Crippen molar-refractivity contribution in [3.8, 4) is 0 Å². The number of aromatic nitrogens is 4. The molecule has 3 aromatic rings. The topological polar surface area (TPSA) is 112 Å². The van der Waals surface area contributed by atoms with Gasteiger partial charge < -0.3 is 20.4 Å². The molecule has 0 radical (unpaired) electrons. The molecular weight excluding hydrogens is 627 g/mol. The molecule has 3 heterocycles. The average Bonchev–Trinajstić information content (AvgIpc) is 3.55. The molecule has 47 heavy (non-hydrogen) atoms. The van der Waals surface area contributed by atoms with Gasteiger partial charge in [-0.25, -0.2) is 0 Å². The Hall–Kier alpha value is -3.77. The van der Waals surface area contributed by atoms with Gasteiger partial charge >= 0.3 is 0 Å².